The lowest BCUT2D eigenvalue weighted by Crippen LogP contribution is -2.35. The van der Waals surface area contributed by atoms with E-state index < -0.39 is 5.97 Å². The normalized spacial score (nSPS) is 16.2. The first-order valence-corrected chi connectivity index (χ1v) is 10.7. The Bertz CT molecular complexity index is 1080. The van der Waals surface area contributed by atoms with Crippen molar-refractivity contribution in [2.24, 2.45) is 0 Å². The quantitative estimate of drug-likeness (QED) is 0.554. The van der Waals surface area contributed by atoms with Crippen LogP contribution in [-0.4, -0.2) is 37.4 Å². The Hall–Kier alpha value is -2.77. The van der Waals surface area contributed by atoms with E-state index in [2.05, 4.69) is 6.92 Å². The summed E-state index contributed by atoms with van der Waals surface area (Å²) in [6.45, 7) is 2.59. The van der Waals surface area contributed by atoms with Crippen LogP contribution in [0.1, 0.15) is 29.5 Å². The van der Waals surface area contributed by atoms with Crippen LogP contribution in [0.25, 0.3) is 11.0 Å². The molecule has 0 fully saturated rings. The van der Waals surface area contributed by atoms with Crippen molar-refractivity contribution in [1.82, 2.24) is 0 Å². The van der Waals surface area contributed by atoms with Gasteiger partial charge in [0.2, 0.25) is 5.76 Å². The van der Waals surface area contributed by atoms with E-state index in [1.54, 1.807) is 29.8 Å². The lowest BCUT2D eigenvalue weighted by atomic mass is 10.1. The number of rotatable bonds is 5. The molecular weight excluding hydrogens is 402 g/mol. The Morgan fingerprint density at radius 2 is 1.93 bits per heavy atom. The molecule has 30 heavy (non-hydrogen) atoms. The Morgan fingerprint density at radius 1 is 1.17 bits per heavy atom. The third-order valence-corrected chi connectivity index (χ3v) is 6.28. The lowest BCUT2D eigenvalue weighted by Gasteiger charge is -2.22. The third-order valence-electron chi connectivity index (χ3n) is 5.04. The van der Waals surface area contributed by atoms with Crippen molar-refractivity contribution in [2.45, 2.75) is 30.1 Å². The van der Waals surface area contributed by atoms with Crippen molar-refractivity contribution < 1.29 is 23.5 Å². The van der Waals surface area contributed by atoms with E-state index >= 15 is 0 Å². The van der Waals surface area contributed by atoms with Gasteiger partial charge >= 0.3 is 5.97 Å². The van der Waals surface area contributed by atoms with Gasteiger partial charge in [0, 0.05) is 34.7 Å². The number of carbonyl (C=O) groups excluding carboxylic acids is 2. The fourth-order valence-electron chi connectivity index (χ4n) is 3.57. The maximum absolute atomic E-state index is 12.9. The first kappa shape index (κ1) is 20.5. The van der Waals surface area contributed by atoms with Gasteiger partial charge in [-0.3, -0.25) is 4.79 Å². The van der Waals surface area contributed by atoms with Gasteiger partial charge in [0.15, 0.2) is 6.61 Å². The van der Waals surface area contributed by atoms with Crippen LogP contribution in [0.3, 0.4) is 0 Å². The minimum atomic E-state index is -0.669. The molecule has 2 heterocycles. The molecule has 7 heteroatoms. The summed E-state index contributed by atoms with van der Waals surface area (Å²) in [6.07, 6.45) is 0.862. The van der Waals surface area contributed by atoms with Crippen LogP contribution >= 0.6 is 11.8 Å². The van der Waals surface area contributed by atoms with Gasteiger partial charge in [-0.25, -0.2) is 4.79 Å². The molecule has 0 saturated carbocycles. The standard InChI is InChI=1S/C23H23NO5S/c1-15-11-12-24(18-8-4-6-10-20(18)30-15)21(25)14-28-23(26)22-17(13-27-2)16-7-3-5-9-19(16)29-22/h3-10,15H,11-14H2,1-2H3/t15-/m1/s1. The van der Waals surface area contributed by atoms with Crippen LogP contribution in [0, 0.1) is 0 Å². The molecule has 1 aromatic heterocycles. The molecule has 0 aliphatic carbocycles. The number of carbonyl (C=O) groups is 2. The molecule has 156 valence electrons. The average Bonchev–Trinajstić information content (AvgIpc) is 3.02. The van der Waals surface area contributed by atoms with Crippen molar-refractivity contribution in [1.29, 1.82) is 0 Å². The van der Waals surface area contributed by atoms with Gasteiger partial charge in [-0.1, -0.05) is 37.3 Å². The molecule has 2 aromatic carbocycles. The summed E-state index contributed by atoms with van der Waals surface area (Å²) in [5, 5.41) is 1.20. The van der Waals surface area contributed by atoms with E-state index in [4.69, 9.17) is 13.9 Å². The van der Waals surface area contributed by atoms with Crippen LogP contribution in [0.4, 0.5) is 5.69 Å². The molecule has 1 aliphatic rings. The highest BCUT2D eigenvalue weighted by Gasteiger charge is 2.27. The molecule has 4 rings (SSSR count). The molecular formula is C23H23NO5S. The van der Waals surface area contributed by atoms with Crippen LogP contribution < -0.4 is 4.90 Å². The average molecular weight is 426 g/mol. The van der Waals surface area contributed by atoms with Crippen molar-refractivity contribution in [3.63, 3.8) is 0 Å². The van der Waals surface area contributed by atoms with E-state index in [1.165, 1.54) is 0 Å². The number of nitrogens with zero attached hydrogens (tertiary/aromatic N) is 1. The molecule has 6 nitrogen and oxygen atoms in total. The van der Waals surface area contributed by atoms with E-state index in [0.29, 0.717) is 22.9 Å². The van der Waals surface area contributed by atoms with E-state index in [9.17, 15) is 9.59 Å². The predicted molar refractivity (Wildman–Crippen MR) is 116 cm³/mol. The number of furan rings is 1. The number of methoxy groups -OCH3 is 1. The molecule has 0 unspecified atom stereocenters. The van der Waals surface area contributed by atoms with E-state index in [-0.39, 0.29) is 24.9 Å². The Balaban J connectivity index is 1.51. The molecule has 0 spiro atoms. The van der Waals surface area contributed by atoms with Gasteiger partial charge in [-0.15, -0.1) is 11.8 Å². The molecule has 1 aliphatic heterocycles. The zero-order valence-corrected chi connectivity index (χ0v) is 17.7. The number of hydrogen-bond donors (Lipinski definition) is 0. The summed E-state index contributed by atoms with van der Waals surface area (Å²) >= 11 is 1.75. The Morgan fingerprint density at radius 3 is 2.77 bits per heavy atom. The number of anilines is 1. The number of benzene rings is 2. The molecule has 0 bridgehead atoms. The molecule has 1 amide bonds. The highest BCUT2D eigenvalue weighted by Crippen LogP contribution is 2.37. The summed E-state index contributed by atoms with van der Waals surface area (Å²) in [5.74, 6) is -0.848. The van der Waals surface area contributed by atoms with Gasteiger partial charge < -0.3 is 18.8 Å². The van der Waals surface area contributed by atoms with Crippen LogP contribution in [0.5, 0.6) is 0 Å². The topological polar surface area (TPSA) is 69.0 Å². The van der Waals surface area contributed by atoms with Gasteiger partial charge in [0.25, 0.3) is 5.91 Å². The Labute approximate surface area is 179 Å². The fraction of sp³-hybridized carbons (Fsp3) is 0.304. The van der Waals surface area contributed by atoms with Crippen molar-refractivity contribution in [3.05, 3.63) is 59.9 Å². The largest absolute Gasteiger partial charge is 0.450 e. The number of esters is 1. The zero-order valence-electron chi connectivity index (χ0n) is 16.9. The van der Waals surface area contributed by atoms with Gasteiger partial charge in [0.05, 0.1) is 12.3 Å². The second-order valence-corrected chi connectivity index (χ2v) is 8.63. The number of hydrogen-bond acceptors (Lipinski definition) is 6. The number of amides is 1. The second kappa shape index (κ2) is 8.93. The SMILES string of the molecule is COCc1c(C(=O)OCC(=O)N2CC[C@@H](C)Sc3ccccc32)oc2ccccc12. The number of ether oxygens (including phenoxy) is 2. The maximum Gasteiger partial charge on any atom is 0.375 e. The zero-order chi connectivity index (χ0) is 21.1. The monoisotopic (exact) mass is 425 g/mol. The maximum atomic E-state index is 12.9. The summed E-state index contributed by atoms with van der Waals surface area (Å²) in [5.41, 5.74) is 2.06. The highest BCUT2D eigenvalue weighted by atomic mass is 32.2. The number of fused-ring (bicyclic) bond motifs is 2. The predicted octanol–water partition coefficient (Wildman–Crippen LogP) is 4.65. The van der Waals surface area contributed by atoms with Crippen LogP contribution in [0.2, 0.25) is 0 Å². The molecule has 0 N–H and O–H groups in total. The minimum absolute atomic E-state index is 0.0753. The van der Waals surface area contributed by atoms with Gasteiger partial charge in [0.1, 0.15) is 5.58 Å². The first-order valence-electron chi connectivity index (χ1n) is 9.81. The molecule has 1 atom stereocenters. The van der Waals surface area contributed by atoms with E-state index in [1.807, 2.05) is 42.5 Å². The van der Waals surface area contributed by atoms with Crippen molar-refractivity contribution in [2.75, 3.05) is 25.2 Å². The van der Waals surface area contributed by atoms with Crippen LogP contribution in [0.15, 0.2) is 57.8 Å². The minimum Gasteiger partial charge on any atom is -0.450 e. The Kier molecular flexibility index (Phi) is 6.11. The van der Waals surface area contributed by atoms with Gasteiger partial charge in [-0.05, 0) is 24.6 Å². The summed E-state index contributed by atoms with van der Waals surface area (Å²) in [4.78, 5) is 28.4. The van der Waals surface area contributed by atoms with E-state index in [0.717, 1.165) is 22.4 Å². The number of para-hydroxylation sites is 2. The smallest absolute Gasteiger partial charge is 0.375 e. The van der Waals surface area contributed by atoms with Crippen molar-refractivity contribution >= 4 is 40.3 Å². The lowest BCUT2D eigenvalue weighted by molar-refractivity contribution is -0.121. The molecule has 3 aromatic rings. The molecule has 0 saturated heterocycles. The number of thioether (sulfide) groups is 1. The summed E-state index contributed by atoms with van der Waals surface area (Å²) in [6, 6.07) is 15.2. The summed E-state index contributed by atoms with van der Waals surface area (Å²) < 4.78 is 16.3. The third kappa shape index (κ3) is 4.08. The highest BCUT2D eigenvalue weighted by molar-refractivity contribution is 8.00. The summed E-state index contributed by atoms with van der Waals surface area (Å²) in [7, 11) is 1.55. The second-order valence-electron chi connectivity index (χ2n) is 7.15. The first-order chi connectivity index (χ1) is 14.6. The molecule has 0 radical (unpaired) electrons. The van der Waals surface area contributed by atoms with Gasteiger partial charge in [-0.2, -0.15) is 0 Å². The van der Waals surface area contributed by atoms with Crippen molar-refractivity contribution in [3.8, 4) is 0 Å². The van der Waals surface area contributed by atoms with Crippen LogP contribution in [-0.2, 0) is 20.9 Å². The fourth-order valence-corrected chi connectivity index (χ4v) is 4.68.